The molecule has 9 aromatic rings. The van der Waals surface area contributed by atoms with Crippen LogP contribution in [0.15, 0.2) is 188 Å². The summed E-state index contributed by atoms with van der Waals surface area (Å²) >= 11 is 1.88. The van der Waals surface area contributed by atoms with Crippen molar-refractivity contribution >= 4 is 48.6 Å². The van der Waals surface area contributed by atoms with Gasteiger partial charge in [0.05, 0.1) is 21.5 Å². The van der Waals surface area contributed by atoms with Gasteiger partial charge in [0.15, 0.2) is 0 Å². The first-order valence-electron chi connectivity index (χ1n) is 17.6. The molecule has 0 saturated heterocycles. The van der Waals surface area contributed by atoms with Gasteiger partial charge in [-0.2, -0.15) is 0 Å². The third-order valence-electron chi connectivity index (χ3n) is 11.1. The van der Waals surface area contributed by atoms with Crippen LogP contribution in [0.1, 0.15) is 22.3 Å². The minimum Gasteiger partial charge on any atom is -0.308 e. The van der Waals surface area contributed by atoms with Gasteiger partial charge in [0, 0.05) is 26.7 Å². The molecule has 0 aliphatic heterocycles. The maximum absolute atomic E-state index is 2.52. The van der Waals surface area contributed by atoms with Gasteiger partial charge in [0.25, 0.3) is 0 Å². The van der Waals surface area contributed by atoms with Crippen LogP contribution in [-0.2, 0) is 5.41 Å². The number of nitrogens with zero attached hydrogens (tertiary/aromatic N) is 1. The first-order valence-corrected chi connectivity index (χ1v) is 18.4. The van der Waals surface area contributed by atoms with Gasteiger partial charge >= 0.3 is 0 Å². The van der Waals surface area contributed by atoms with Crippen molar-refractivity contribution in [2.75, 3.05) is 4.90 Å². The molecule has 1 heterocycles. The summed E-state index contributed by atoms with van der Waals surface area (Å²) in [6.07, 6.45) is 0. The summed E-state index contributed by atoms with van der Waals surface area (Å²) in [6.45, 7) is 0. The van der Waals surface area contributed by atoms with Gasteiger partial charge in [-0.3, -0.25) is 0 Å². The Kier molecular flexibility index (Phi) is 6.11. The molecule has 0 N–H and O–H groups in total. The van der Waals surface area contributed by atoms with Crippen molar-refractivity contribution in [2.45, 2.75) is 5.41 Å². The average Bonchev–Trinajstić information content (AvgIpc) is 3.83. The largest absolute Gasteiger partial charge is 0.308 e. The number of rotatable bonds is 4. The summed E-state index contributed by atoms with van der Waals surface area (Å²) in [6, 6.07) is 69.7. The Hall–Kier alpha value is -6.22. The number of thiophene rings is 1. The van der Waals surface area contributed by atoms with Gasteiger partial charge in [-0.1, -0.05) is 158 Å². The number of hydrogen-bond donors (Lipinski definition) is 0. The number of anilines is 3. The van der Waals surface area contributed by atoms with E-state index in [2.05, 4.69) is 193 Å². The Bertz CT molecular complexity index is 2760. The lowest BCUT2D eigenvalue weighted by atomic mass is 9.70. The molecule has 1 spiro atoms. The lowest BCUT2D eigenvalue weighted by molar-refractivity contribution is 0.793. The molecule has 2 aliphatic rings. The highest BCUT2D eigenvalue weighted by Crippen LogP contribution is 2.63. The third-order valence-corrected chi connectivity index (χ3v) is 12.3. The van der Waals surface area contributed by atoms with Gasteiger partial charge in [-0.15, -0.1) is 11.3 Å². The molecular weight excluding hydrogens is 635 g/mol. The maximum atomic E-state index is 2.52. The molecule has 0 unspecified atom stereocenters. The zero-order chi connectivity index (χ0) is 33.5. The van der Waals surface area contributed by atoms with Crippen molar-refractivity contribution < 1.29 is 0 Å². The van der Waals surface area contributed by atoms with E-state index in [1.165, 1.54) is 81.5 Å². The molecule has 1 aromatic heterocycles. The molecule has 51 heavy (non-hydrogen) atoms. The standard InChI is InChI=1S/C49H31NS/c1-2-15-32(16-3-1)34-17-7-12-26-45(34)50(46-27-14-22-40-39-21-8-13-28-47(39)51-48(40)46)33-29-30-38-37-20-6-11-25-43(37)49(44(38)31-33)41-23-9-4-18-35(41)36-19-5-10-24-42(36)49/h1-31H. The Morgan fingerprint density at radius 1 is 0.373 bits per heavy atom. The summed E-state index contributed by atoms with van der Waals surface area (Å²) in [4.78, 5) is 2.52. The Morgan fingerprint density at radius 3 is 1.61 bits per heavy atom. The Labute approximate surface area is 301 Å². The van der Waals surface area contributed by atoms with E-state index in [1.54, 1.807) is 0 Å². The number of hydrogen-bond acceptors (Lipinski definition) is 2. The van der Waals surface area contributed by atoms with Crippen LogP contribution in [0.3, 0.4) is 0 Å². The molecule has 0 fully saturated rings. The summed E-state index contributed by atoms with van der Waals surface area (Å²) in [7, 11) is 0. The zero-order valence-corrected chi connectivity index (χ0v) is 28.6. The second-order valence-corrected chi connectivity index (χ2v) is 14.6. The molecule has 238 valence electrons. The SMILES string of the molecule is c1ccc(-c2ccccc2N(c2ccc3c(c2)C2(c4ccccc4-c4ccccc42)c2ccccc2-3)c2cccc3c2sc2ccccc23)cc1. The van der Waals surface area contributed by atoms with Gasteiger partial charge in [0.2, 0.25) is 0 Å². The van der Waals surface area contributed by atoms with Gasteiger partial charge in [-0.25, -0.2) is 0 Å². The first kappa shape index (κ1) is 28.6. The highest BCUT2D eigenvalue weighted by atomic mass is 32.1. The lowest BCUT2D eigenvalue weighted by Gasteiger charge is -2.33. The van der Waals surface area contributed by atoms with Crippen LogP contribution in [-0.4, -0.2) is 0 Å². The normalized spacial score (nSPS) is 13.3. The van der Waals surface area contributed by atoms with Crippen LogP contribution in [0.4, 0.5) is 17.1 Å². The smallest absolute Gasteiger partial charge is 0.0726 e. The summed E-state index contributed by atoms with van der Waals surface area (Å²) in [5, 5.41) is 2.59. The van der Waals surface area contributed by atoms with E-state index in [0.29, 0.717) is 0 Å². The monoisotopic (exact) mass is 665 g/mol. The molecule has 0 atom stereocenters. The quantitative estimate of drug-likeness (QED) is 0.181. The summed E-state index contributed by atoms with van der Waals surface area (Å²) < 4.78 is 2.59. The van der Waals surface area contributed by atoms with Crippen LogP contribution in [0.5, 0.6) is 0 Å². The Morgan fingerprint density at radius 2 is 0.902 bits per heavy atom. The lowest BCUT2D eigenvalue weighted by Crippen LogP contribution is -2.26. The maximum Gasteiger partial charge on any atom is 0.0726 e. The van der Waals surface area contributed by atoms with E-state index < -0.39 is 5.41 Å². The molecule has 2 heteroatoms. The second-order valence-electron chi connectivity index (χ2n) is 13.6. The zero-order valence-electron chi connectivity index (χ0n) is 27.8. The van der Waals surface area contributed by atoms with E-state index in [-0.39, 0.29) is 0 Å². The Balaban J connectivity index is 1.24. The van der Waals surface area contributed by atoms with E-state index in [1.807, 2.05) is 11.3 Å². The average molecular weight is 666 g/mol. The van der Waals surface area contributed by atoms with Crippen molar-refractivity contribution in [1.29, 1.82) is 0 Å². The van der Waals surface area contributed by atoms with Crippen molar-refractivity contribution in [1.82, 2.24) is 0 Å². The van der Waals surface area contributed by atoms with E-state index in [9.17, 15) is 0 Å². The van der Waals surface area contributed by atoms with Crippen molar-refractivity contribution in [3.05, 3.63) is 210 Å². The third kappa shape index (κ3) is 3.91. The van der Waals surface area contributed by atoms with Crippen molar-refractivity contribution in [3.8, 4) is 33.4 Å². The fourth-order valence-corrected chi connectivity index (χ4v) is 10.3. The molecule has 11 rings (SSSR count). The predicted molar refractivity (Wildman–Crippen MR) is 216 cm³/mol. The summed E-state index contributed by atoms with van der Waals surface area (Å²) in [5.41, 5.74) is 16.2. The van der Waals surface area contributed by atoms with Crippen LogP contribution in [0.25, 0.3) is 53.6 Å². The fourth-order valence-electron chi connectivity index (χ4n) is 9.07. The molecule has 0 amide bonds. The van der Waals surface area contributed by atoms with E-state index in [4.69, 9.17) is 0 Å². The molecule has 0 saturated carbocycles. The van der Waals surface area contributed by atoms with Gasteiger partial charge in [-0.05, 0) is 80.4 Å². The second kappa shape index (κ2) is 10.9. The van der Waals surface area contributed by atoms with E-state index in [0.717, 1.165) is 11.4 Å². The molecule has 0 bridgehead atoms. The molecule has 1 nitrogen and oxygen atoms in total. The minimum absolute atomic E-state index is 0.413. The van der Waals surface area contributed by atoms with Gasteiger partial charge in [0.1, 0.15) is 0 Å². The van der Waals surface area contributed by atoms with E-state index >= 15 is 0 Å². The summed E-state index contributed by atoms with van der Waals surface area (Å²) in [5.74, 6) is 0. The molecular formula is C49H31NS. The van der Waals surface area contributed by atoms with Crippen LogP contribution in [0, 0.1) is 0 Å². The topological polar surface area (TPSA) is 3.24 Å². The van der Waals surface area contributed by atoms with Crippen molar-refractivity contribution in [2.24, 2.45) is 0 Å². The highest BCUT2D eigenvalue weighted by molar-refractivity contribution is 7.26. The van der Waals surface area contributed by atoms with Gasteiger partial charge < -0.3 is 4.90 Å². The molecule has 8 aromatic carbocycles. The number of para-hydroxylation sites is 1. The number of benzene rings is 8. The van der Waals surface area contributed by atoms with Crippen molar-refractivity contribution in [3.63, 3.8) is 0 Å². The fraction of sp³-hybridized carbons (Fsp3) is 0.0204. The molecule has 2 aliphatic carbocycles. The highest BCUT2D eigenvalue weighted by Gasteiger charge is 2.51. The minimum atomic E-state index is -0.413. The van der Waals surface area contributed by atoms with Crippen LogP contribution in [0.2, 0.25) is 0 Å². The first-order chi connectivity index (χ1) is 25.3. The van der Waals surface area contributed by atoms with Crippen LogP contribution >= 0.6 is 11.3 Å². The predicted octanol–water partition coefficient (Wildman–Crippen LogP) is 13.5. The van der Waals surface area contributed by atoms with Crippen LogP contribution < -0.4 is 4.90 Å². The number of fused-ring (bicyclic) bond motifs is 13. The molecule has 0 radical (unpaired) electrons.